The summed E-state index contributed by atoms with van der Waals surface area (Å²) in [5.74, 6) is -0.606. The monoisotopic (exact) mass is 329 g/mol. The van der Waals surface area contributed by atoms with Gasteiger partial charge in [0.05, 0.1) is 10.8 Å². The minimum Gasteiger partial charge on any atom is -0.330 e. The Labute approximate surface area is 119 Å². The van der Waals surface area contributed by atoms with Gasteiger partial charge in [-0.15, -0.1) is 0 Å². The van der Waals surface area contributed by atoms with Gasteiger partial charge in [0.25, 0.3) is 5.69 Å². The van der Waals surface area contributed by atoms with Gasteiger partial charge in [-0.1, -0.05) is 29.8 Å². The maximum atomic E-state index is 12.0. The van der Waals surface area contributed by atoms with Crippen LogP contribution in [0.3, 0.4) is 0 Å². The molecule has 1 unspecified atom stereocenters. The number of nitro benzene ring substituents is 1. The van der Waals surface area contributed by atoms with Crippen LogP contribution in [0.25, 0.3) is 0 Å². The summed E-state index contributed by atoms with van der Waals surface area (Å²) in [6.45, 7) is 3.97. The molecular weight excluding hydrogens is 314 g/mol. The van der Waals surface area contributed by atoms with E-state index in [4.69, 9.17) is 5.73 Å². The normalized spacial score (nSPS) is 12.3. The van der Waals surface area contributed by atoms with Gasteiger partial charge in [-0.25, -0.2) is 0 Å². The van der Waals surface area contributed by atoms with Crippen LogP contribution >= 0.6 is 15.9 Å². The number of halogens is 1. The van der Waals surface area contributed by atoms with Crippen molar-refractivity contribution < 1.29 is 9.72 Å². The van der Waals surface area contributed by atoms with Crippen molar-refractivity contribution >= 4 is 33.2 Å². The minimum atomic E-state index is -0.535. The van der Waals surface area contributed by atoms with Crippen LogP contribution in [0.4, 0.5) is 11.4 Å². The predicted molar refractivity (Wildman–Crippen MR) is 76.8 cm³/mol. The SMILES string of the molecule is CC(C)C(CN)C(=O)Nc1ccc(Br)cc1[N+](=O)[O-]. The highest BCUT2D eigenvalue weighted by molar-refractivity contribution is 9.10. The van der Waals surface area contributed by atoms with Crippen LogP contribution in [0.2, 0.25) is 0 Å². The zero-order valence-corrected chi connectivity index (χ0v) is 12.3. The molecular formula is C12H16BrN3O3. The largest absolute Gasteiger partial charge is 0.330 e. The van der Waals surface area contributed by atoms with Gasteiger partial charge in [0.15, 0.2) is 0 Å². The van der Waals surface area contributed by atoms with Crippen LogP contribution in [0.15, 0.2) is 22.7 Å². The Balaban J connectivity index is 2.99. The molecule has 3 N–H and O–H groups in total. The molecule has 0 aliphatic rings. The van der Waals surface area contributed by atoms with Gasteiger partial charge in [-0.3, -0.25) is 14.9 Å². The second-order valence-electron chi connectivity index (χ2n) is 4.49. The fourth-order valence-electron chi connectivity index (χ4n) is 1.67. The molecule has 1 atom stereocenters. The van der Waals surface area contributed by atoms with Crippen LogP contribution in [-0.4, -0.2) is 17.4 Å². The number of anilines is 1. The van der Waals surface area contributed by atoms with Crippen molar-refractivity contribution in [2.75, 3.05) is 11.9 Å². The summed E-state index contributed by atoms with van der Waals surface area (Å²) in [6, 6.07) is 4.48. The first-order valence-electron chi connectivity index (χ1n) is 5.81. The Bertz CT molecular complexity index is 491. The van der Waals surface area contributed by atoms with Gasteiger partial charge in [-0.05, 0) is 18.1 Å². The lowest BCUT2D eigenvalue weighted by molar-refractivity contribution is -0.384. The van der Waals surface area contributed by atoms with E-state index in [-0.39, 0.29) is 35.7 Å². The molecule has 19 heavy (non-hydrogen) atoms. The first-order valence-corrected chi connectivity index (χ1v) is 6.61. The third-order valence-corrected chi connectivity index (χ3v) is 3.30. The van der Waals surface area contributed by atoms with E-state index in [0.717, 1.165) is 0 Å². The summed E-state index contributed by atoms with van der Waals surface area (Å²) in [5.41, 5.74) is 5.58. The van der Waals surface area contributed by atoms with Crippen LogP contribution in [0.5, 0.6) is 0 Å². The first kappa shape index (κ1) is 15.6. The number of benzene rings is 1. The lowest BCUT2D eigenvalue weighted by atomic mass is 9.95. The molecule has 0 spiro atoms. The number of carbonyl (C=O) groups is 1. The molecule has 0 saturated heterocycles. The maximum Gasteiger partial charge on any atom is 0.293 e. The predicted octanol–water partition coefficient (Wildman–Crippen LogP) is 2.53. The van der Waals surface area contributed by atoms with E-state index in [1.807, 2.05) is 13.8 Å². The molecule has 7 heteroatoms. The lowest BCUT2D eigenvalue weighted by Crippen LogP contribution is -2.33. The van der Waals surface area contributed by atoms with Crippen molar-refractivity contribution in [2.24, 2.45) is 17.6 Å². The minimum absolute atomic E-state index is 0.0690. The number of carbonyl (C=O) groups excluding carboxylic acids is 1. The van der Waals surface area contributed by atoms with Gasteiger partial charge in [-0.2, -0.15) is 0 Å². The van der Waals surface area contributed by atoms with Crippen molar-refractivity contribution in [1.82, 2.24) is 0 Å². The van der Waals surface area contributed by atoms with Crippen molar-refractivity contribution in [1.29, 1.82) is 0 Å². The quantitative estimate of drug-likeness (QED) is 0.640. The van der Waals surface area contributed by atoms with Gasteiger partial charge in [0.2, 0.25) is 5.91 Å². The Morgan fingerprint density at radius 1 is 1.53 bits per heavy atom. The second-order valence-corrected chi connectivity index (χ2v) is 5.41. The van der Waals surface area contributed by atoms with Crippen molar-refractivity contribution in [3.8, 4) is 0 Å². The zero-order chi connectivity index (χ0) is 14.6. The van der Waals surface area contributed by atoms with Crippen LogP contribution in [0.1, 0.15) is 13.8 Å². The van der Waals surface area contributed by atoms with E-state index in [9.17, 15) is 14.9 Å². The summed E-state index contributed by atoms with van der Waals surface area (Å²) in [6.07, 6.45) is 0. The van der Waals surface area contributed by atoms with E-state index in [1.165, 1.54) is 12.1 Å². The van der Waals surface area contributed by atoms with E-state index < -0.39 is 4.92 Å². The molecule has 1 rings (SSSR count). The van der Waals surface area contributed by atoms with Crippen LogP contribution in [-0.2, 0) is 4.79 Å². The summed E-state index contributed by atoms with van der Waals surface area (Å²) in [5, 5.41) is 13.5. The standard InChI is InChI=1S/C12H16BrN3O3/c1-7(2)9(6-14)12(17)15-10-4-3-8(13)5-11(10)16(18)19/h3-5,7,9H,6,14H2,1-2H3,(H,15,17). The fourth-order valence-corrected chi connectivity index (χ4v) is 2.02. The van der Waals surface area contributed by atoms with Crippen molar-refractivity contribution in [3.05, 3.63) is 32.8 Å². The summed E-state index contributed by atoms with van der Waals surface area (Å²) in [4.78, 5) is 22.4. The third-order valence-electron chi connectivity index (χ3n) is 2.81. The molecule has 0 fully saturated rings. The van der Waals surface area contributed by atoms with Gasteiger partial charge < -0.3 is 11.1 Å². The first-order chi connectivity index (χ1) is 8.86. The number of nitro groups is 1. The fraction of sp³-hybridized carbons (Fsp3) is 0.417. The van der Waals surface area contributed by atoms with Crippen LogP contribution < -0.4 is 11.1 Å². The zero-order valence-electron chi connectivity index (χ0n) is 10.7. The molecule has 0 aromatic heterocycles. The van der Waals surface area contributed by atoms with E-state index in [0.29, 0.717) is 4.47 Å². The molecule has 0 aliphatic heterocycles. The molecule has 0 aliphatic carbocycles. The van der Waals surface area contributed by atoms with Crippen LogP contribution in [0, 0.1) is 22.0 Å². The average molecular weight is 330 g/mol. The third kappa shape index (κ3) is 4.00. The highest BCUT2D eigenvalue weighted by Gasteiger charge is 2.23. The Morgan fingerprint density at radius 2 is 2.16 bits per heavy atom. The van der Waals surface area contributed by atoms with Gasteiger partial charge in [0, 0.05) is 17.1 Å². The lowest BCUT2D eigenvalue weighted by Gasteiger charge is -2.18. The molecule has 1 aromatic rings. The van der Waals surface area contributed by atoms with Crippen molar-refractivity contribution in [2.45, 2.75) is 13.8 Å². The number of rotatable bonds is 5. The van der Waals surface area contributed by atoms with Crippen molar-refractivity contribution in [3.63, 3.8) is 0 Å². The molecule has 104 valence electrons. The molecule has 1 aromatic carbocycles. The topological polar surface area (TPSA) is 98.3 Å². The molecule has 0 bridgehead atoms. The van der Waals surface area contributed by atoms with E-state index >= 15 is 0 Å². The number of nitrogens with one attached hydrogen (secondary N) is 1. The smallest absolute Gasteiger partial charge is 0.293 e. The number of amides is 1. The van der Waals surface area contributed by atoms with E-state index in [2.05, 4.69) is 21.2 Å². The summed E-state index contributed by atoms with van der Waals surface area (Å²) >= 11 is 3.16. The average Bonchev–Trinajstić information content (AvgIpc) is 2.31. The maximum absolute atomic E-state index is 12.0. The second kappa shape index (κ2) is 6.63. The molecule has 0 radical (unpaired) electrons. The molecule has 0 saturated carbocycles. The Kier molecular flexibility index (Phi) is 5.44. The number of nitrogens with two attached hydrogens (primary N) is 1. The van der Waals surface area contributed by atoms with Gasteiger partial charge >= 0.3 is 0 Å². The Hall–Kier alpha value is -1.47. The number of hydrogen-bond acceptors (Lipinski definition) is 4. The molecule has 6 nitrogen and oxygen atoms in total. The molecule has 1 amide bonds. The summed E-state index contributed by atoms with van der Waals surface area (Å²) < 4.78 is 0.580. The van der Waals surface area contributed by atoms with Gasteiger partial charge in [0.1, 0.15) is 5.69 Å². The highest BCUT2D eigenvalue weighted by atomic mass is 79.9. The number of hydrogen-bond donors (Lipinski definition) is 2. The van der Waals surface area contributed by atoms with E-state index in [1.54, 1.807) is 6.07 Å². The Morgan fingerprint density at radius 3 is 2.63 bits per heavy atom. The highest BCUT2D eigenvalue weighted by Crippen LogP contribution is 2.28. The summed E-state index contributed by atoms with van der Waals surface area (Å²) in [7, 11) is 0. The molecule has 0 heterocycles. The number of nitrogens with zero attached hydrogens (tertiary/aromatic N) is 1.